The first-order valence-corrected chi connectivity index (χ1v) is 7.73. The van der Waals surface area contributed by atoms with Gasteiger partial charge in [0.15, 0.2) is 5.78 Å². The Morgan fingerprint density at radius 1 is 1.17 bits per heavy atom. The fourth-order valence-electron chi connectivity index (χ4n) is 2.54. The maximum Gasteiger partial charge on any atom is 0.253 e. The van der Waals surface area contributed by atoms with Gasteiger partial charge in [0.25, 0.3) is 11.8 Å². The Morgan fingerprint density at radius 2 is 1.83 bits per heavy atom. The van der Waals surface area contributed by atoms with E-state index in [1.165, 1.54) is 4.90 Å². The van der Waals surface area contributed by atoms with Crippen molar-refractivity contribution in [2.45, 2.75) is 38.4 Å². The highest BCUT2D eigenvalue weighted by Gasteiger charge is 2.35. The van der Waals surface area contributed by atoms with Gasteiger partial charge in [-0.2, -0.15) is 0 Å². The molecule has 2 rings (SSSR count). The largest absolute Gasteiger partial charge is 0.355 e. The summed E-state index contributed by atoms with van der Waals surface area (Å²) >= 11 is 0. The number of benzene rings is 1. The van der Waals surface area contributed by atoms with Crippen molar-refractivity contribution in [3.8, 4) is 0 Å². The lowest BCUT2D eigenvalue weighted by Gasteiger charge is -2.17. The van der Waals surface area contributed by atoms with Crippen LogP contribution in [0.25, 0.3) is 0 Å². The van der Waals surface area contributed by atoms with E-state index in [0.29, 0.717) is 30.5 Å². The highest BCUT2D eigenvalue weighted by Crippen LogP contribution is 2.24. The van der Waals surface area contributed by atoms with Crippen LogP contribution in [0.5, 0.6) is 0 Å². The minimum atomic E-state index is -0.673. The average Bonchev–Trinajstić information content (AvgIpc) is 3.03. The SMILES string of the molecule is CCC(=O)c1ccccc1NC(=O)[C@@H]1CC[C@H](C(=O)N(C)C)O1. The van der Waals surface area contributed by atoms with Crippen LogP contribution in [0.1, 0.15) is 36.5 Å². The van der Waals surface area contributed by atoms with E-state index in [1.54, 1.807) is 45.3 Å². The van der Waals surface area contributed by atoms with E-state index in [9.17, 15) is 14.4 Å². The number of carbonyl (C=O) groups is 3. The molecular weight excluding hydrogens is 296 g/mol. The molecule has 1 aliphatic rings. The van der Waals surface area contributed by atoms with Crippen LogP contribution in [0.3, 0.4) is 0 Å². The number of nitrogens with one attached hydrogen (secondary N) is 1. The second-order valence-corrected chi connectivity index (χ2v) is 5.73. The Morgan fingerprint density at radius 3 is 2.48 bits per heavy atom. The number of hydrogen-bond acceptors (Lipinski definition) is 4. The summed E-state index contributed by atoms with van der Waals surface area (Å²) in [5, 5.41) is 2.75. The van der Waals surface area contributed by atoms with Gasteiger partial charge < -0.3 is 15.0 Å². The van der Waals surface area contributed by atoms with Crippen molar-refractivity contribution in [3.63, 3.8) is 0 Å². The van der Waals surface area contributed by atoms with Crippen LogP contribution < -0.4 is 5.32 Å². The van der Waals surface area contributed by atoms with Gasteiger partial charge in [0.05, 0.1) is 5.69 Å². The number of para-hydroxylation sites is 1. The van der Waals surface area contributed by atoms with Gasteiger partial charge in [-0.3, -0.25) is 14.4 Å². The molecule has 0 bridgehead atoms. The molecule has 1 saturated heterocycles. The van der Waals surface area contributed by atoms with Crippen LogP contribution in [0.15, 0.2) is 24.3 Å². The average molecular weight is 318 g/mol. The van der Waals surface area contributed by atoms with Gasteiger partial charge in [0.2, 0.25) is 0 Å². The summed E-state index contributed by atoms with van der Waals surface area (Å²) < 4.78 is 5.56. The predicted octanol–water partition coefficient (Wildman–Crippen LogP) is 1.85. The molecule has 2 amide bonds. The number of ketones is 1. The number of hydrogen-bond donors (Lipinski definition) is 1. The number of rotatable bonds is 5. The first kappa shape index (κ1) is 17.1. The number of anilines is 1. The molecule has 6 heteroatoms. The lowest BCUT2D eigenvalue weighted by Crippen LogP contribution is -2.35. The fraction of sp³-hybridized carbons (Fsp3) is 0.471. The number of amides is 2. The van der Waals surface area contributed by atoms with Crippen LogP contribution in [0, 0.1) is 0 Å². The molecule has 23 heavy (non-hydrogen) atoms. The molecule has 1 N–H and O–H groups in total. The smallest absolute Gasteiger partial charge is 0.253 e. The third kappa shape index (κ3) is 3.96. The number of Topliss-reactive ketones (excluding diaryl/α,β-unsaturated/α-hetero) is 1. The summed E-state index contributed by atoms with van der Waals surface area (Å²) in [5.74, 6) is -0.494. The summed E-state index contributed by atoms with van der Waals surface area (Å²) in [4.78, 5) is 37.6. The summed E-state index contributed by atoms with van der Waals surface area (Å²) in [6.45, 7) is 1.78. The van der Waals surface area contributed by atoms with E-state index in [2.05, 4.69) is 5.32 Å². The van der Waals surface area contributed by atoms with Crippen molar-refractivity contribution in [1.29, 1.82) is 0 Å². The highest BCUT2D eigenvalue weighted by molar-refractivity contribution is 6.05. The molecule has 0 aliphatic carbocycles. The molecule has 1 fully saturated rings. The van der Waals surface area contributed by atoms with Crippen LogP contribution in [0.4, 0.5) is 5.69 Å². The second-order valence-electron chi connectivity index (χ2n) is 5.73. The molecule has 0 spiro atoms. The van der Waals surface area contributed by atoms with E-state index in [1.807, 2.05) is 0 Å². The van der Waals surface area contributed by atoms with E-state index in [-0.39, 0.29) is 17.6 Å². The zero-order valence-electron chi connectivity index (χ0n) is 13.7. The fourth-order valence-corrected chi connectivity index (χ4v) is 2.54. The standard InChI is InChI=1S/C17H22N2O4/c1-4-13(20)11-7-5-6-8-12(11)18-16(21)14-9-10-15(23-14)17(22)19(2)3/h5-8,14-15H,4,9-10H2,1-3H3,(H,18,21)/t14-,15+/m0/s1. The molecule has 0 saturated carbocycles. The maximum absolute atomic E-state index is 12.3. The third-order valence-electron chi connectivity index (χ3n) is 3.83. The van der Waals surface area contributed by atoms with Crippen molar-refractivity contribution in [3.05, 3.63) is 29.8 Å². The van der Waals surface area contributed by atoms with E-state index in [4.69, 9.17) is 4.74 Å². The number of likely N-dealkylation sites (N-methyl/N-ethyl adjacent to an activating group) is 1. The summed E-state index contributed by atoms with van der Waals surface area (Å²) in [6, 6.07) is 6.90. The van der Waals surface area contributed by atoms with Gasteiger partial charge in [-0.15, -0.1) is 0 Å². The van der Waals surface area contributed by atoms with E-state index >= 15 is 0 Å². The Balaban J connectivity index is 2.04. The Hall–Kier alpha value is -2.21. The quantitative estimate of drug-likeness (QED) is 0.841. The number of carbonyl (C=O) groups excluding carboxylic acids is 3. The molecule has 1 aromatic rings. The van der Waals surface area contributed by atoms with Crippen LogP contribution in [0.2, 0.25) is 0 Å². The third-order valence-corrected chi connectivity index (χ3v) is 3.83. The maximum atomic E-state index is 12.3. The molecule has 0 unspecified atom stereocenters. The van der Waals surface area contributed by atoms with Crippen molar-refractivity contribution in [2.75, 3.05) is 19.4 Å². The molecule has 124 valence electrons. The summed E-state index contributed by atoms with van der Waals surface area (Å²) in [7, 11) is 3.32. The first-order chi connectivity index (χ1) is 10.9. The van der Waals surface area contributed by atoms with Gasteiger partial charge in [-0.25, -0.2) is 0 Å². The molecular formula is C17H22N2O4. The predicted molar refractivity (Wildman–Crippen MR) is 86.3 cm³/mol. The Labute approximate surface area is 135 Å². The first-order valence-electron chi connectivity index (χ1n) is 7.73. The van der Waals surface area contributed by atoms with Crippen molar-refractivity contribution in [1.82, 2.24) is 4.90 Å². The topological polar surface area (TPSA) is 75.7 Å². The molecule has 6 nitrogen and oxygen atoms in total. The molecule has 1 heterocycles. The number of ether oxygens (including phenoxy) is 1. The van der Waals surface area contributed by atoms with E-state index in [0.717, 1.165) is 0 Å². The van der Waals surface area contributed by atoms with Crippen LogP contribution >= 0.6 is 0 Å². The van der Waals surface area contributed by atoms with Crippen LogP contribution in [-0.4, -0.2) is 48.8 Å². The normalized spacial score (nSPS) is 20.1. The van der Waals surface area contributed by atoms with E-state index < -0.39 is 12.2 Å². The van der Waals surface area contributed by atoms with Gasteiger partial charge in [-0.05, 0) is 25.0 Å². The molecule has 1 aromatic carbocycles. The lowest BCUT2D eigenvalue weighted by molar-refractivity contribution is -0.143. The number of nitrogens with zero attached hydrogens (tertiary/aromatic N) is 1. The molecule has 2 atom stereocenters. The Kier molecular flexibility index (Phi) is 5.50. The minimum Gasteiger partial charge on any atom is -0.355 e. The molecule has 0 aromatic heterocycles. The van der Waals surface area contributed by atoms with Crippen molar-refractivity contribution in [2.24, 2.45) is 0 Å². The minimum absolute atomic E-state index is 0.0334. The monoisotopic (exact) mass is 318 g/mol. The lowest BCUT2D eigenvalue weighted by atomic mass is 10.1. The summed E-state index contributed by atoms with van der Waals surface area (Å²) in [5.41, 5.74) is 0.970. The van der Waals surface area contributed by atoms with Crippen molar-refractivity contribution >= 4 is 23.3 Å². The molecule has 0 radical (unpaired) electrons. The summed E-state index contributed by atoms with van der Waals surface area (Å²) in [6.07, 6.45) is 0.124. The van der Waals surface area contributed by atoms with Gasteiger partial charge in [-0.1, -0.05) is 19.1 Å². The van der Waals surface area contributed by atoms with Gasteiger partial charge in [0, 0.05) is 26.1 Å². The zero-order chi connectivity index (χ0) is 17.0. The van der Waals surface area contributed by atoms with Gasteiger partial charge >= 0.3 is 0 Å². The van der Waals surface area contributed by atoms with Crippen molar-refractivity contribution < 1.29 is 19.1 Å². The zero-order valence-corrected chi connectivity index (χ0v) is 13.7. The Bertz CT molecular complexity index is 612. The highest BCUT2D eigenvalue weighted by atomic mass is 16.5. The molecule has 1 aliphatic heterocycles. The van der Waals surface area contributed by atoms with Gasteiger partial charge in [0.1, 0.15) is 12.2 Å². The van der Waals surface area contributed by atoms with Crippen LogP contribution in [-0.2, 0) is 14.3 Å². The second kappa shape index (κ2) is 7.37.